The summed E-state index contributed by atoms with van der Waals surface area (Å²) in [5.74, 6) is -0.142. The minimum Gasteiger partial charge on any atom is -0.394 e. The van der Waals surface area contributed by atoms with Gasteiger partial charge in [0.25, 0.3) is 5.91 Å². The first-order valence-corrected chi connectivity index (χ1v) is 6.55. The Morgan fingerprint density at radius 3 is 2.78 bits per heavy atom. The predicted molar refractivity (Wildman–Crippen MR) is 68.4 cm³/mol. The van der Waals surface area contributed by atoms with E-state index < -0.39 is 5.54 Å². The van der Waals surface area contributed by atoms with Gasteiger partial charge < -0.3 is 10.4 Å². The van der Waals surface area contributed by atoms with Gasteiger partial charge in [-0.05, 0) is 32.8 Å². The SMILES string of the molecule is CC(C)n1nccc1C(=O)NC1(CO)CCCC1. The lowest BCUT2D eigenvalue weighted by Crippen LogP contribution is -2.49. The number of hydrogen-bond acceptors (Lipinski definition) is 3. The monoisotopic (exact) mass is 251 g/mol. The molecule has 100 valence electrons. The Labute approximate surface area is 107 Å². The largest absolute Gasteiger partial charge is 0.394 e. The highest BCUT2D eigenvalue weighted by Crippen LogP contribution is 2.29. The molecule has 0 unspecified atom stereocenters. The topological polar surface area (TPSA) is 67.2 Å². The van der Waals surface area contributed by atoms with Crippen molar-refractivity contribution < 1.29 is 9.90 Å². The number of nitrogens with one attached hydrogen (secondary N) is 1. The molecule has 1 aliphatic rings. The maximum Gasteiger partial charge on any atom is 0.270 e. The van der Waals surface area contributed by atoms with E-state index in [0.29, 0.717) is 5.69 Å². The van der Waals surface area contributed by atoms with E-state index in [4.69, 9.17) is 0 Å². The molecule has 0 atom stereocenters. The van der Waals surface area contributed by atoms with Gasteiger partial charge in [-0.3, -0.25) is 9.48 Å². The quantitative estimate of drug-likeness (QED) is 0.852. The van der Waals surface area contributed by atoms with E-state index in [9.17, 15) is 9.90 Å². The Balaban J connectivity index is 2.14. The van der Waals surface area contributed by atoms with Crippen LogP contribution >= 0.6 is 0 Å². The van der Waals surface area contributed by atoms with E-state index in [2.05, 4.69) is 10.4 Å². The number of aromatic nitrogens is 2. The van der Waals surface area contributed by atoms with Crippen LogP contribution in [0.15, 0.2) is 12.3 Å². The molecule has 0 aromatic carbocycles. The summed E-state index contributed by atoms with van der Waals surface area (Å²) in [4.78, 5) is 12.3. The van der Waals surface area contributed by atoms with Gasteiger partial charge in [0.15, 0.2) is 0 Å². The van der Waals surface area contributed by atoms with Crippen LogP contribution in [0.5, 0.6) is 0 Å². The molecule has 1 amide bonds. The molecule has 0 spiro atoms. The number of aliphatic hydroxyl groups is 1. The molecule has 0 bridgehead atoms. The van der Waals surface area contributed by atoms with Crippen molar-refractivity contribution in [1.29, 1.82) is 0 Å². The summed E-state index contributed by atoms with van der Waals surface area (Å²) in [6.07, 6.45) is 5.46. The summed E-state index contributed by atoms with van der Waals surface area (Å²) in [6, 6.07) is 1.87. The fourth-order valence-corrected chi connectivity index (χ4v) is 2.58. The van der Waals surface area contributed by atoms with Crippen LogP contribution in [-0.4, -0.2) is 32.9 Å². The molecule has 1 aromatic heterocycles. The second-order valence-electron chi connectivity index (χ2n) is 5.35. The highest BCUT2D eigenvalue weighted by atomic mass is 16.3. The Hall–Kier alpha value is -1.36. The van der Waals surface area contributed by atoms with E-state index in [1.54, 1.807) is 16.9 Å². The van der Waals surface area contributed by atoms with Crippen molar-refractivity contribution in [1.82, 2.24) is 15.1 Å². The van der Waals surface area contributed by atoms with Gasteiger partial charge >= 0.3 is 0 Å². The minimum absolute atomic E-state index is 0.00849. The fourth-order valence-electron chi connectivity index (χ4n) is 2.58. The Morgan fingerprint density at radius 1 is 1.56 bits per heavy atom. The average Bonchev–Trinajstić information content (AvgIpc) is 2.97. The molecule has 5 heteroatoms. The van der Waals surface area contributed by atoms with Crippen LogP contribution in [0.2, 0.25) is 0 Å². The molecule has 1 aromatic rings. The lowest BCUT2D eigenvalue weighted by molar-refractivity contribution is 0.0826. The van der Waals surface area contributed by atoms with Gasteiger partial charge in [0.05, 0.1) is 12.1 Å². The van der Waals surface area contributed by atoms with Crippen LogP contribution in [0.25, 0.3) is 0 Å². The number of carbonyl (C=O) groups excluding carboxylic acids is 1. The first-order valence-electron chi connectivity index (χ1n) is 6.55. The molecule has 1 saturated carbocycles. The van der Waals surface area contributed by atoms with E-state index in [0.717, 1.165) is 25.7 Å². The number of nitrogens with zero attached hydrogens (tertiary/aromatic N) is 2. The molecule has 2 rings (SSSR count). The molecular formula is C13H21N3O2. The lowest BCUT2D eigenvalue weighted by atomic mass is 9.99. The zero-order valence-electron chi connectivity index (χ0n) is 11.0. The van der Waals surface area contributed by atoms with Crippen molar-refractivity contribution in [2.24, 2.45) is 0 Å². The summed E-state index contributed by atoms with van der Waals surface area (Å²) in [6.45, 7) is 3.98. The third-order valence-electron chi connectivity index (χ3n) is 3.63. The number of rotatable bonds is 4. The van der Waals surface area contributed by atoms with Gasteiger partial charge in [-0.15, -0.1) is 0 Å². The highest BCUT2D eigenvalue weighted by molar-refractivity contribution is 5.93. The Morgan fingerprint density at radius 2 is 2.22 bits per heavy atom. The lowest BCUT2D eigenvalue weighted by Gasteiger charge is -2.28. The molecule has 1 aliphatic carbocycles. The van der Waals surface area contributed by atoms with Crippen LogP contribution in [0.4, 0.5) is 0 Å². The van der Waals surface area contributed by atoms with Crippen molar-refractivity contribution in [2.75, 3.05) is 6.61 Å². The summed E-state index contributed by atoms with van der Waals surface area (Å²) < 4.78 is 1.70. The molecule has 2 N–H and O–H groups in total. The van der Waals surface area contributed by atoms with E-state index in [1.807, 2.05) is 13.8 Å². The van der Waals surface area contributed by atoms with Gasteiger partial charge in [-0.1, -0.05) is 12.8 Å². The van der Waals surface area contributed by atoms with E-state index in [-0.39, 0.29) is 18.6 Å². The second-order valence-corrected chi connectivity index (χ2v) is 5.35. The summed E-state index contributed by atoms with van der Waals surface area (Å²) in [7, 11) is 0. The third kappa shape index (κ3) is 2.41. The molecule has 5 nitrogen and oxygen atoms in total. The van der Waals surface area contributed by atoms with Crippen molar-refractivity contribution in [2.45, 2.75) is 51.1 Å². The number of carbonyl (C=O) groups is 1. The number of hydrogen-bond donors (Lipinski definition) is 2. The molecule has 1 heterocycles. The molecule has 1 fully saturated rings. The van der Waals surface area contributed by atoms with Crippen LogP contribution in [0, 0.1) is 0 Å². The fraction of sp³-hybridized carbons (Fsp3) is 0.692. The van der Waals surface area contributed by atoms with Gasteiger partial charge in [-0.2, -0.15) is 5.10 Å². The van der Waals surface area contributed by atoms with Gasteiger partial charge in [0, 0.05) is 12.2 Å². The molecular weight excluding hydrogens is 230 g/mol. The smallest absolute Gasteiger partial charge is 0.270 e. The van der Waals surface area contributed by atoms with Gasteiger partial charge in [0.1, 0.15) is 5.69 Å². The second kappa shape index (κ2) is 5.10. The average molecular weight is 251 g/mol. The summed E-state index contributed by atoms with van der Waals surface area (Å²) in [5, 5.41) is 16.6. The van der Waals surface area contributed by atoms with Crippen molar-refractivity contribution in [3.63, 3.8) is 0 Å². The summed E-state index contributed by atoms with van der Waals surface area (Å²) in [5.41, 5.74) is 0.133. The molecule has 0 saturated heterocycles. The van der Waals surface area contributed by atoms with E-state index >= 15 is 0 Å². The summed E-state index contributed by atoms with van der Waals surface area (Å²) >= 11 is 0. The van der Waals surface area contributed by atoms with Crippen LogP contribution in [0.1, 0.15) is 56.1 Å². The van der Waals surface area contributed by atoms with Gasteiger partial charge in [-0.25, -0.2) is 0 Å². The highest BCUT2D eigenvalue weighted by Gasteiger charge is 2.35. The van der Waals surface area contributed by atoms with Crippen molar-refractivity contribution >= 4 is 5.91 Å². The molecule has 0 aliphatic heterocycles. The zero-order valence-corrected chi connectivity index (χ0v) is 11.0. The Bertz CT molecular complexity index is 420. The van der Waals surface area contributed by atoms with Crippen LogP contribution < -0.4 is 5.32 Å². The standard InChI is InChI=1S/C13H21N3O2/c1-10(2)16-11(5-8-14-16)12(18)15-13(9-17)6-3-4-7-13/h5,8,10,17H,3-4,6-7,9H2,1-2H3,(H,15,18). The van der Waals surface area contributed by atoms with Crippen molar-refractivity contribution in [3.05, 3.63) is 18.0 Å². The van der Waals surface area contributed by atoms with Crippen LogP contribution in [-0.2, 0) is 0 Å². The minimum atomic E-state index is -0.427. The molecule has 0 radical (unpaired) electrons. The maximum absolute atomic E-state index is 12.3. The zero-order chi connectivity index (χ0) is 13.2. The Kier molecular flexibility index (Phi) is 3.71. The maximum atomic E-state index is 12.3. The van der Waals surface area contributed by atoms with Gasteiger partial charge in [0.2, 0.25) is 0 Å². The van der Waals surface area contributed by atoms with E-state index in [1.165, 1.54) is 0 Å². The number of aliphatic hydroxyl groups excluding tert-OH is 1. The molecule has 18 heavy (non-hydrogen) atoms. The third-order valence-corrected chi connectivity index (χ3v) is 3.63. The normalized spacial score (nSPS) is 18.2. The first kappa shape index (κ1) is 13.1. The van der Waals surface area contributed by atoms with Crippen LogP contribution in [0.3, 0.4) is 0 Å². The number of amides is 1. The predicted octanol–water partition coefficient (Wildman–Crippen LogP) is 1.50. The van der Waals surface area contributed by atoms with Crippen molar-refractivity contribution in [3.8, 4) is 0 Å². The first-order chi connectivity index (χ1) is 8.58.